The average molecular weight is 223 g/mol. The van der Waals surface area contributed by atoms with Crippen LogP contribution in [0, 0.1) is 0 Å². The monoisotopic (exact) mass is 223 g/mol. The number of aromatic nitrogens is 1. The number of ether oxygens (including phenoxy) is 1. The predicted molar refractivity (Wildman–Crippen MR) is 61.3 cm³/mol. The van der Waals surface area contributed by atoms with Crippen LogP contribution in [-0.4, -0.2) is 42.9 Å². The summed E-state index contributed by atoms with van der Waals surface area (Å²) in [5, 5.41) is 9.82. The molecule has 1 atom stereocenters. The van der Waals surface area contributed by atoms with Gasteiger partial charge in [-0.15, -0.1) is 0 Å². The molecule has 16 heavy (non-hydrogen) atoms. The highest BCUT2D eigenvalue weighted by Gasteiger charge is 2.18. The minimum absolute atomic E-state index is 0.211. The quantitative estimate of drug-likeness (QED) is 0.749. The molecule has 1 aliphatic heterocycles. The Bertz CT molecular complexity index is 340. The van der Waals surface area contributed by atoms with Gasteiger partial charge in [-0.3, -0.25) is 0 Å². The molecule has 0 radical (unpaired) electrons. The van der Waals surface area contributed by atoms with Gasteiger partial charge >= 0.3 is 0 Å². The van der Waals surface area contributed by atoms with E-state index in [0.29, 0.717) is 13.2 Å². The Kier molecular flexibility index (Phi) is 3.71. The topological polar surface area (TPSA) is 71.6 Å². The van der Waals surface area contributed by atoms with Crippen molar-refractivity contribution in [2.45, 2.75) is 6.10 Å². The number of anilines is 1. The van der Waals surface area contributed by atoms with Crippen LogP contribution in [0.3, 0.4) is 0 Å². The Morgan fingerprint density at radius 3 is 2.94 bits per heavy atom. The van der Waals surface area contributed by atoms with Gasteiger partial charge < -0.3 is 20.5 Å². The first-order chi connectivity index (χ1) is 7.83. The first-order valence-corrected chi connectivity index (χ1v) is 5.48. The molecule has 3 N–H and O–H groups in total. The summed E-state index contributed by atoms with van der Waals surface area (Å²) < 4.78 is 5.29. The number of aliphatic hydroxyl groups is 1. The molecule has 5 heteroatoms. The Hall–Kier alpha value is -1.17. The maximum absolute atomic E-state index is 9.82. The van der Waals surface area contributed by atoms with Crippen LogP contribution in [0.15, 0.2) is 18.3 Å². The molecule has 0 amide bonds. The lowest BCUT2D eigenvalue weighted by Gasteiger charge is -2.30. The molecule has 5 nitrogen and oxygen atoms in total. The van der Waals surface area contributed by atoms with Gasteiger partial charge in [-0.1, -0.05) is 6.07 Å². The summed E-state index contributed by atoms with van der Waals surface area (Å²) in [6.45, 7) is 3.23. The van der Waals surface area contributed by atoms with Crippen molar-refractivity contribution in [1.82, 2.24) is 4.98 Å². The van der Waals surface area contributed by atoms with Crippen molar-refractivity contribution < 1.29 is 9.84 Å². The van der Waals surface area contributed by atoms with E-state index in [-0.39, 0.29) is 6.54 Å². The number of rotatable bonds is 3. The molecule has 1 aromatic rings. The lowest BCUT2D eigenvalue weighted by Crippen LogP contribution is -2.37. The summed E-state index contributed by atoms with van der Waals surface area (Å²) in [5.41, 5.74) is 6.28. The summed E-state index contributed by atoms with van der Waals surface area (Å²) in [7, 11) is 0. The predicted octanol–water partition coefficient (Wildman–Crippen LogP) is -0.0897. The number of nitrogens with two attached hydrogens (primary N) is 1. The van der Waals surface area contributed by atoms with Crippen molar-refractivity contribution in [2.75, 3.05) is 37.7 Å². The molecule has 1 aliphatic rings. The van der Waals surface area contributed by atoms with E-state index in [1.807, 2.05) is 12.1 Å². The zero-order valence-electron chi connectivity index (χ0n) is 9.17. The van der Waals surface area contributed by atoms with Gasteiger partial charge in [0.1, 0.15) is 5.82 Å². The number of nitrogens with zero attached hydrogens (tertiary/aromatic N) is 2. The van der Waals surface area contributed by atoms with E-state index in [2.05, 4.69) is 9.88 Å². The summed E-state index contributed by atoms with van der Waals surface area (Å²) in [6.07, 6.45) is 1.09. The van der Waals surface area contributed by atoms with Crippen LogP contribution in [0.4, 0.5) is 5.82 Å². The van der Waals surface area contributed by atoms with Crippen LogP contribution in [-0.2, 0) is 4.74 Å². The summed E-state index contributed by atoms with van der Waals surface area (Å²) in [5.74, 6) is 0.823. The third-order valence-electron chi connectivity index (χ3n) is 2.71. The largest absolute Gasteiger partial charge is 0.387 e. The smallest absolute Gasteiger partial charge is 0.134 e. The van der Waals surface area contributed by atoms with E-state index in [1.54, 1.807) is 6.20 Å². The number of pyridine rings is 1. The zero-order chi connectivity index (χ0) is 11.4. The highest BCUT2D eigenvalue weighted by molar-refractivity contribution is 5.48. The molecule has 1 fully saturated rings. The highest BCUT2D eigenvalue weighted by Crippen LogP contribution is 2.23. The SMILES string of the molecule is NCC(O)c1cccnc1N1CCOCC1. The average Bonchev–Trinajstić information content (AvgIpc) is 2.39. The number of hydrogen-bond donors (Lipinski definition) is 2. The van der Waals surface area contributed by atoms with Crippen molar-refractivity contribution in [3.8, 4) is 0 Å². The number of hydrogen-bond acceptors (Lipinski definition) is 5. The van der Waals surface area contributed by atoms with Gasteiger partial charge in [-0.25, -0.2) is 4.98 Å². The van der Waals surface area contributed by atoms with Crippen LogP contribution >= 0.6 is 0 Å². The maximum atomic E-state index is 9.82. The molecule has 0 aromatic carbocycles. The van der Waals surface area contributed by atoms with Crippen LogP contribution in [0.2, 0.25) is 0 Å². The molecule has 2 rings (SSSR count). The molecule has 1 unspecified atom stereocenters. The molecule has 0 saturated carbocycles. The first-order valence-electron chi connectivity index (χ1n) is 5.48. The molecule has 0 aliphatic carbocycles. The minimum Gasteiger partial charge on any atom is -0.387 e. The van der Waals surface area contributed by atoms with Gasteiger partial charge in [0.05, 0.1) is 19.3 Å². The third kappa shape index (κ3) is 2.32. The standard InChI is InChI=1S/C11H17N3O2/c12-8-10(15)9-2-1-3-13-11(9)14-4-6-16-7-5-14/h1-3,10,15H,4-8,12H2. The first kappa shape index (κ1) is 11.3. The zero-order valence-corrected chi connectivity index (χ0v) is 9.17. The van der Waals surface area contributed by atoms with Crippen molar-refractivity contribution in [3.63, 3.8) is 0 Å². The van der Waals surface area contributed by atoms with Crippen LogP contribution in [0.25, 0.3) is 0 Å². The number of aliphatic hydroxyl groups excluding tert-OH is 1. The van der Waals surface area contributed by atoms with Crippen molar-refractivity contribution >= 4 is 5.82 Å². The lowest BCUT2D eigenvalue weighted by atomic mass is 10.1. The van der Waals surface area contributed by atoms with E-state index < -0.39 is 6.10 Å². The minimum atomic E-state index is -0.647. The Morgan fingerprint density at radius 2 is 2.25 bits per heavy atom. The fraction of sp³-hybridized carbons (Fsp3) is 0.545. The second-order valence-corrected chi connectivity index (χ2v) is 3.77. The lowest BCUT2D eigenvalue weighted by molar-refractivity contribution is 0.121. The third-order valence-corrected chi connectivity index (χ3v) is 2.71. The Labute approximate surface area is 94.8 Å². The summed E-state index contributed by atoms with van der Waals surface area (Å²) in [6, 6.07) is 3.69. The molecule has 2 heterocycles. The van der Waals surface area contributed by atoms with Gasteiger partial charge in [-0.05, 0) is 6.07 Å². The maximum Gasteiger partial charge on any atom is 0.134 e. The second kappa shape index (κ2) is 5.25. The van der Waals surface area contributed by atoms with E-state index in [0.717, 1.165) is 24.5 Å². The van der Waals surface area contributed by atoms with E-state index in [1.165, 1.54) is 0 Å². The van der Waals surface area contributed by atoms with E-state index in [9.17, 15) is 5.11 Å². The molecular formula is C11H17N3O2. The fourth-order valence-corrected chi connectivity index (χ4v) is 1.84. The normalized spacial score (nSPS) is 18.5. The van der Waals surface area contributed by atoms with Gasteiger partial charge in [0, 0.05) is 31.4 Å². The second-order valence-electron chi connectivity index (χ2n) is 3.77. The summed E-state index contributed by atoms with van der Waals surface area (Å²) >= 11 is 0. The fourth-order valence-electron chi connectivity index (χ4n) is 1.84. The Balaban J connectivity index is 2.24. The molecule has 0 spiro atoms. The molecule has 1 aromatic heterocycles. The van der Waals surface area contributed by atoms with Gasteiger partial charge in [0.15, 0.2) is 0 Å². The van der Waals surface area contributed by atoms with Gasteiger partial charge in [-0.2, -0.15) is 0 Å². The van der Waals surface area contributed by atoms with Crippen LogP contribution in [0.5, 0.6) is 0 Å². The van der Waals surface area contributed by atoms with E-state index >= 15 is 0 Å². The Morgan fingerprint density at radius 1 is 1.50 bits per heavy atom. The molecule has 0 bridgehead atoms. The van der Waals surface area contributed by atoms with Gasteiger partial charge in [0.25, 0.3) is 0 Å². The molecular weight excluding hydrogens is 206 g/mol. The van der Waals surface area contributed by atoms with Crippen molar-refractivity contribution in [2.24, 2.45) is 5.73 Å². The highest BCUT2D eigenvalue weighted by atomic mass is 16.5. The molecule has 1 saturated heterocycles. The van der Waals surface area contributed by atoms with E-state index in [4.69, 9.17) is 10.5 Å². The van der Waals surface area contributed by atoms with Gasteiger partial charge in [0.2, 0.25) is 0 Å². The van der Waals surface area contributed by atoms with Crippen LogP contribution in [0.1, 0.15) is 11.7 Å². The van der Waals surface area contributed by atoms with Crippen LogP contribution < -0.4 is 10.6 Å². The molecule has 88 valence electrons. The number of morpholine rings is 1. The van der Waals surface area contributed by atoms with Crippen molar-refractivity contribution in [1.29, 1.82) is 0 Å². The summed E-state index contributed by atoms with van der Waals surface area (Å²) in [4.78, 5) is 6.45. The van der Waals surface area contributed by atoms with Crippen molar-refractivity contribution in [3.05, 3.63) is 23.9 Å².